The number of amides is 3. The molecule has 28 heavy (non-hydrogen) atoms. The van der Waals surface area contributed by atoms with Crippen LogP contribution in [0.5, 0.6) is 0 Å². The predicted molar refractivity (Wildman–Crippen MR) is 102 cm³/mol. The van der Waals surface area contributed by atoms with Crippen LogP contribution in [0.4, 0.5) is 10.5 Å². The minimum Gasteiger partial charge on any atom is -0.381 e. The zero-order chi connectivity index (χ0) is 19.6. The third kappa shape index (κ3) is 4.15. The van der Waals surface area contributed by atoms with Crippen LogP contribution >= 0.6 is 0 Å². The van der Waals surface area contributed by atoms with E-state index in [1.165, 1.54) is 0 Å². The molecule has 3 amide bonds. The molecule has 9 nitrogen and oxygen atoms in total. The first-order valence-electron chi connectivity index (χ1n) is 10.1. The van der Waals surface area contributed by atoms with Gasteiger partial charge in [0.05, 0.1) is 17.5 Å². The lowest BCUT2D eigenvalue weighted by Gasteiger charge is -2.43. The number of aryl methyl sites for hydroxylation is 1. The van der Waals surface area contributed by atoms with Crippen LogP contribution in [0.3, 0.4) is 0 Å². The molecule has 0 radical (unpaired) electrons. The molecule has 2 atom stereocenters. The Morgan fingerprint density at radius 2 is 2.07 bits per heavy atom. The highest BCUT2D eigenvalue weighted by molar-refractivity contribution is 5.99. The lowest BCUT2D eigenvalue weighted by Crippen LogP contribution is -2.57. The van der Waals surface area contributed by atoms with E-state index in [9.17, 15) is 9.59 Å². The fourth-order valence-electron chi connectivity index (χ4n) is 4.44. The van der Waals surface area contributed by atoms with Crippen molar-refractivity contribution in [3.05, 3.63) is 12.4 Å². The Morgan fingerprint density at radius 3 is 2.82 bits per heavy atom. The van der Waals surface area contributed by atoms with Crippen LogP contribution in [-0.2, 0) is 21.3 Å². The number of nitrogens with zero attached hydrogens (tertiary/aromatic N) is 3. The summed E-state index contributed by atoms with van der Waals surface area (Å²) in [5, 5.41) is 10.1. The molecule has 0 bridgehead atoms. The maximum absolute atomic E-state index is 12.8. The zero-order valence-electron chi connectivity index (χ0n) is 16.4. The van der Waals surface area contributed by atoms with Crippen molar-refractivity contribution in [3.8, 4) is 0 Å². The van der Waals surface area contributed by atoms with Gasteiger partial charge in [-0.15, -0.1) is 0 Å². The Kier molecular flexibility index (Phi) is 5.54. The molecule has 0 saturated carbocycles. The van der Waals surface area contributed by atoms with E-state index in [0.29, 0.717) is 32.8 Å². The summed E-state index contributed by atoms with van der Waals surface area (Å²) in [6.45, 7) is 2.70. The summed E-state index contributed by atoms with van der Waals surface area (Å²) >= 11 is 0. The van der Waals surface area contributed by atoms with Gasteiger partial charge in [0.15, 0.2) is 0 Å². The highest BCUT2D eigenvalue weighted by atomic mass is 16.5. The topological polar surface area (TPSA) is 97.7 Å². The molecule has 0 aliphatic carbocycles. The molecule has 1 aromatic rings. The average molecular weight is 391 g/mol. The Balaban J connectivity index is 1.32. The van der Waals surface area contributed by atoms with Gasteiger partial charge in [-0.3, -0.25) is 9.48 Å². The summed E-state index contributed by atoms with van der Waals surface area (Å²) in [5.41, 5.74) is 0.594. The third-order valence-corrected chi connectivity index (χ3v) is 5.98. The molecule has 1 spiro atoms. The number of carbonyl (C=O) groups is 2. The fourth-order valence-corrected chi connectivity index (χ4v) is 4.44. The van der Waals surface area contributed by atoms with E-state index in [1.54, 1.807) is 15.8 Å². The van der Waals surface area contributed by atoms with Gasteiger partial charge < -0.3 is 25.0 Å². The predicted octanol–water partition coefficient (Wildman–Crippen LogP) is 0.943. The number of piperidine rings is 1. The largest absolute Gasteiger partial charge is 0.381 e. The Hall–Kier alpha value is -2.13. The maximum atomic E-state index is 12.8. The first-order valence-corrected chi connectivity index (χ1v) is 10.1. The maximum Gasteiger partial charge on any atom is 0.315 e. The summed E-state index contributed by atoms with van der Waals surface area (Å²) in [6, 6.07) is -0.730. The second-order valence-corrected chi connectivity index (χ2v) is 8.01. The van der Waals surface area contributed by atoms with Crippen molar-refractivity contribution >= 4 is 17.6 Å². The van der Waals surface area contributed by atoms with Gasteiger partial charge >= 0.3 is 6.03 Å². The van der Waals surface area contributed by atoms with Gasteiger partial charge in [0, 0.05) is 45.7 Å². The molecule has 4 rings (SSSR count). The second kappa shape index (κ2) is 8.08. The van der Waals surface area contributed by atoms with Crippen molar-refractivity contribution in [2.24, 2.45) is 7.05 Å². The minimum atomic E-state index is -0.508. The number of aromatic nitrogens is 2. The van der Waals surface area contributed by atoms with E-state index >= 15 is 0 Å². The van der Waals surface area contributed by atoms with Gasteiger partial charge in [-0.2, -0.15) is 5.10 Å². The van der Waals surface area contributed by atoms with Gasteiger partial charge in [0.1, 0.15) is 6.04 Å². The van der Waals surface area contributed by atoms with Crippen molar-refractivity contribution in [2.75, 3.05) is 31.3 Å². The SMILES string of the molecule is Cn1cc(N2CCCC(NC(=O)NC3CCOC4(CCOCC4)C3)C2=O)cn1. The molecule has 9 heteroatoms. The monoisotopic (exact) mass is 391 g/mol. The number of hydrogen-bond donors (Lipinski definition) is 2. The molecule has 2 N–H and O–H groups in total. The second-order valence-electron chi connectivity index (χ2n) is 8.01. The standard InChI is InChI=1S/C19H29N5O4/c1-23-13-15(12-20-23)24-7-2-3-16(17(24)25)22-18(26)21-14-4-8-28-19(11-14)5-9-27-10-6-19/h12-14,16H,2-11H2,1H3,(H2,21,22,26). The smallest absolute Gasteiger partial charge is 0.315 e. The first-order chi connectivity index (χ1) is 13.5. The fraction of sp³-hybridized carbons (Fsp3) is 0.737. The number of hydrogen-bond acceptors (Lipinski definition) is 5. The summed E-state index contributed by atoms with van der Waals surface area (Å²) in [4.78, 5) is 27.1. The average Bonchev–Trinajstić information content (AvgIpc) is 3.10. The normalized spacial score (nSPS) is 27.6. The lowest BCUT2D eigenvalue weighted by molar-refractivity contribution is -0.139. The molecule has 0 aromatic carbocycles. The van der Waals surface area contributed by atoms with Crippen LogP contribution in [0.1, 0.15) is 38.5 Å². The number of ether oxygens (including phenoxy) is 2. The zero-order valence-corrected chi connectivity index (χ0v) is 16.4. The summed E-state index contributed by atoms with van der Waals surface area (Å²) in [6.07, 6.45) is 8.30. The number of urea groups is 1. The molecule has 154 valence electrons. The van der Waals surface area contributed by atoms with Crippen LogP contribution in [0.2, 0.25) is 0 Å². The highest BCUT2D eigenvalue weighted by Gasteiger charge is 2.40. The lowest BCUT2D eigenvalue weighted by atomic mass is 9.84. The molecule has 1 aromatic heterocycles. The molecular formula is C19H29N5O4. The van der Waals surface area contributed by atoms with Crippen LogP contribution in [0.25, 0.3) is 0 Å². The van der Waals surface area contributed by atoms with Gasteiger partial charge in [-0.05, 0) is 38.5 Å². The van der Waals surface area contributed by atoms with E-state index in [4.69, 9.17) is 9.47 Å². The van der Waals surface area contributed by atoms with Gasteiger partial charge in [0.2, 0.25) is 5.91 Å². The summed E-state index contributed by atoms with van der Waals surface area (Å²) in [5.74, 6) is -0.0812. The first kappa shape index (κ1) is 19.2. The van der Waals surface area contributed by atoms with Gasteiger partial charge in [-0.25, -0.2) is 4.79 Å². The van der Waals surface area contributed by atoms with Crippen molar-refractivity contribution < 1.29 is 19.1 Å². The molecular weight excluding hydrogens is 362 g/mol. The summed E-state index contributed by atoms with van der Waals surface area (Å²) in [7, 11) is 1.82. The Labute approximate surface area is 164 Å². The summed E-state index contributed by atoms with van der Waals surface area (Å²) < 4.78 is 13.1. The van der Waals surface area contributed by atoms with Crippen LogP contribution in [0, 0.1) is 0 Å². The number of carbonyl (C=O) groups excluding carboxylic acids is 2. The molecule has 3 saturated heterocycles. The molecule has 3 fully saturated rings. The van der Waals surface area contributed by atoms with Gasteiger partial charge in [0.25, 0.3) is 0 Å². The molecule has 2 unspecified atom stereocenters. The van der Waals surface area contributed by atoms with Gasteiger partial charge in [-0.1, -0.05) is 0 Å². The van der Waals surface area contributed by atoms with E-state index in [0.717, 1.165) is 37.8 Å². The number of anilines is 1. The Morgan fingerprint density at radius 1 is 1.25 bits per heavy atom. The number of nitrogens with one attached hydrogen (secondary N) is 2. The van der Waals surface area contributed by atoms with Crippen LogP contribution in [-0.4, -0.2) is 65.8 Å². The van der Waals surface area contributed by atoms with E-state index < -0.39 is 6.04 Å². The quantitative estimate of drug-likeness (QED) is 0.799. The van der Waals surface area contributed by atoms with Crippen LogP contribution in [0.15, 0.2) is 12.4 Å². The highest BCUT2D eigenvalue weighted by Crippen LogP contribution is 2.34. The van der Waals surface area contributed by atoms with E-state index in [2.05, 4.69) is 15.7 Å². The Bertz CT molecular complexity index is 709. The molecule has 3 aliphatic heterocycles. The van der Waals surface area contributed by atoms with Crippen molar-refractivity contribution in [2.45, 2.75) is 56.2 Å². The molecule has 3 aliphatic rings. The number of rotatable bonds is 3. The molecule has 4 heterocycles. The third-order valence-electron chi connectivity index (χ3n) is 5.98. The minimum absolute atomic E-state index is 0.0555. The van der Waals surface area contributed by atoms with Crippen molar-refractivity contribution in [1.29, 1.82) is 0 Å². The van der Waals surface area contributed by atoms with Crippen molar-refractivity contribution in [3.63, 3.8) is 0 Å². The van der Waals surface area contributed by atoms with E-state index in [1.807, 2.05) is 13.2 Å². The van der Waals surface area contributed by atoms with Crippen molar-refractivity contribution in [1.82, 2.24) is 20.4 Å². The van der Waals surface area contributed by atoms with E-state index in [-0.39, 0.29) is 23.6 Å². The van der Waals surface area contributed by atoms with Crippen LogP contribution < -0.4 is 15.5 Å².